The van der Waals surface area contributed by atoms with Gasteiger partial charge in [0, 0.05) is 0 Å². The van der Waals surface area contributed by atoms with E-state index in [-0.39, 0.29) is 11.9 Å². The Bertz CT molecular complexity index is 749. The first-order valence-electron chi connectivity index (χ1n) is 7.47. The van der Waals surface area contributed by atoms with Crippen LogP contribution in [0.3, 0.4) is 0 Å². The number of nitrogens with one attached hydrogen (secondary N) is 1. The lowest BCUT2D eigenvalue weighted by Gasteiger charge is -2.17. The van der Waals surface area contributed by atoms with E-state index in [9.17, 15) is 4.79 Å². The topological polar surface area (TPSA) is 58.4 Å². The van der Waals surface area contributed by atoms with Gasteiger partial charge in [-0.1, -0.05) is 12.1 Å². The molecule has 0 aliphatic rings. The number of rotatable bonds is 6. The van der Waals surface area contributed by atoms with Crippen molar-refractivity contribution in [2.45, 2.75) is 19.5 Å². The summed E-state index contributed by atoms with van der Waals surface area (Å²) in [5.74, 6) is 0.727. The Morgan fingerprint density at radius 3 is 2.91 bits per heavy atom. The number of nitrogens with zero attached hydrogens (tertiary/aromatic N) is 2. The predicted octanol–water partition coefficient (Wildman–Crippen LogP) is 3.20. The van der Waals surface area contributed by atoms with E-state index < -0.39 is 0 Å². The minimum atomic E-state index is -0.131. The summed E-state index contributed by atoms with van der Waals surface area (Å²) in [6.07, 6.45) is 1.61. The average molecular weight is 329 g/mol. The largest absolute Gasteiger partial charge is 0.467 e. The highest BCUT2D eigenvalue weighted by Gasteiger charge is 2.14. The van der Waals surface area contributed by atoms with Gasteiger partial charge in [-0.15, -0.1) is 11.3 Å². The van der Waals surface area contributed by atoms with Crippen molar-refractivity contribution < 1.29 is 9.21 Å². The van der Waals surface area contributed by atoms with Crippen molar-refractivity contribution in [2.24, 2.45) is 0 Å². The quantitative estimate of drug-likeness (QED) is 0.754. The van der Waals surface area contributed by atoms with Crippen LogP contribution < -0.4 is 5.32 Å². The van der Waals surface area contributed by atoms with Gasteiger partial charge < -0.3 is 9.73 Å². The summed E-state index contributed by atoms with van der Waals surface area (Å²) in [4.78, 5) is 18.7. The Kier molecular flexibility index (Phi) is 4.73. The smallest absolute Gasteiger partial charge is 0.234 e. The maximum Gasteiger partial charge on any atom is 0.234 e. The van der Waals surface area contributed by atoms with Gasteiger partial charge in [0.2, 0.25) is 5.91 Å². The number of hydrogen-bond donors (Lipinski definition) is 1. The molecule has 120 valence electrons. The van der Waals surface area contributed by atoms with Crippen LogP contribution in [-0.2, 0) is 11.3 Å². The molecule has 0 fully saturated rings. The lowest BCUT2D eigenvalue weighted by Crippen LogP contribution is -2.36. The van der Waals surface area contributed by atoms with Crippen LogP contribution in [0.5, 0.6) is 0 Å². The second-order valence-corrected chi connectivity index (χ2v) is 6.67. The van der Waals surface area contributed by atoms with Crippen LogP contribution in [0.25, 0.3) is 10.2 Å². The molecular formula is C17H19N3O2S. The number of aromatic nitrogens is 1. The minimum Gasteiger partial charge on any atom is -0.467 e. The Morgan fingerprint density at radius 2 is 2.17 bits per heavy atom. The summed E-state index contributed by atoms with van der Waals surface area (Å²) < 4.78 is 6.47. The SMILES string of the molecule is CC(NC(=O)CN(C)Cc1nc2ccccc2s1)c1ccco1. The number of benzene rings is 1. The monoisotopic (exact) mass is 329 g/mol. The van der Waals surface area contributed by atoms with Crippen molar-refractivity contribution >= 4 is 27.5 Å². The van der Waals surface area contributed by atoms with Gasteiger partial charge in [0.15, 0.2) is 0 Å². The van der Waals surface area contributed by atoms with E-state index in [0.717, 1.165) is 16.3 Å². The first-order chi connectivity index (χ1) is 11.1. The standard InChI is InChI=1S/C17H19N3O2S/c1-12(14-7-5-9-22-14)18-16(21)10-20(2)11-17-19-13-6-3-4-8-15(13)23-17/h3-9,12H,10-11H2,1-2H3,(H,18,21). The molecule has 0 saturated heterocycles. The summed E-state index contributed by atoms with van der Waals surface area (Å²) in [6.45, 7) is 2.88. The van der Waals surface area contributed by atoms with Crippen molar-refractivity contribution in [3.8, 4) is 0 Å². The molecule has 2 heterocycles. The molecule has 1 N–H and O–H groups in total. The first-order valence-corrected chi connectivity index (χ1v) is 8.29. The summed E-state index contributed by atoms with van der Waals surface area (Å²) in [6, 6.07) is 11.6. The molecule has 1 aromatic carbocycles. The number of furan rings is 1. The van der Waals surface area contributed by atoms with Crippen LogP contribution in [0.15, 0.2) is 47.1 Å². The van der Waals surface area contributed by atoms with Crippen LogP contribution in [0.4, 0.5) is 0 Å². The molecule has 0 spiro atoms. The fourth-order valence-electron chi connectivity index (χ4n) is 2.42. The van der Waals surface area contributed by atoms with Crippen molar-refractivity contribution in [1.29, 1.82) is 0 Å². The summed E-state index contributed by atoms with van der Waals surface area (Å²) in [5.41, 5.74) is 1.01. The van der Waals surface area contributed by atoms with Gasteiger partial charge in [-0.05, 0) is 38.2 Å². The van der Waals surface area contributed by atoms with E-state index in [1.165, 1.54) is 4.70 Å². The molecule has 3 rings (SSSR count). The predicted molar refractivity (Wildman–Crippen MR) is 91.2 cm³/mol. The molecule has 0 saturated carbocycles. The van der Waals surface area contributed by atoms with E-state index >= 15 is 0 Å². The fraction of sp³-hybridized carbons (Fsp3) is 0.294. The molecule has 1 unspecified atom stereocenters. The molecular weight excluding hydrogens is 310 g/mol. The number of amides is 1. The third-order valence-electron chi connectivity index (χ3n) is 3.50. The Hall–Kier alpha value is -2.18. The van der Waals surface area contributed by atoms with Gasteiger partial charge in [0.25, 0.3) is 0 Å². The summed E-state index contributed by atoms with van der Waals surface area (Å²) in [7, 11) is 1.92. The molecule has 1 amide bonds. The van der Waals surface area contributed by atoms with Crippen molar-refractivity contribution in [1.82, 2.24) is 15.2 Å². The molecule has 0 aliphatic carbocycles. The Balaban J connectivity index is 1.54. The third kappa shape index (κ3) is 3.97. The zero-order valence-corrected chi connectivity index (χ0v) is 14.0. The van der Waals surface area contributed by atoms with Crippen LogP contribution >= 0.6 is 11.3 Å². The molecule has 3 aromatic rings. The number of para-hydroxylation sites is 1. The second-order valence-electron chi connectivity index (χ2n) is 5.55. The second kappa shape index (κ2) is 6.93. The lowest BCUT2D eigenvalue weighted by molar-refractivity contribution is -0.122. The molecule has 0 bridgehead atoms. The first kappa shape index (κ1) is 15.7. The fourth-order valence-corrected chi connectivity index (χ4v) is 3.46. The Labute approximate surface area is 138 Å². The molecule has 6 heteroatoms. The number of likely N-dealkylation sites (N-methyl/N-ethyl adjacent to an activating group) is 1. The van der Waals surface area contributed by atoms with E-state index in [2.05, 4.69) is 16.4 Å². The van der Waals surface area contributed by atoms with Crippen molar-refractivity contribution in [2.75, 3.05) is 13.6 Å². The van der Waals surface area contributed by atoms with Gasteiger partial charge in [0.05, 0.1) is 35.6 Å². The van der Waals surface area contributed by atoms with Gasteiger partial charge in [-0.2, -0.15) is 0 Å². The van der Waals surface area contributed by atoms with E-state index in [1.54, 1.807) is 17.6 Å². The number of thiazole rings is 1. The van der Waals surface area contributed by atoms with E-state index in [1.807, 2.05) is 49.2 Å². The summed E-state index contributed by atoms with van der Waals surface area (Å²) >= 11 is 1.67. The maximum atomic E-state index is 12.1. The van der Waals surface area contributed by atoms with Crippen LogP contribution in [0, 0.1) is 0 Å². The highest BCUT2D eigenvalue weighted by atomic mass is 32.1. The number of hydrogen-bond acceptors (Lipinski definition) is 5. The normalized spacial score (nSPS) is 12.7. The number of fused-ring (bicyclic) bond motifs is 1. The minimum absolute atomic E-state index is 0.0301. The molecule has 2 aromatic heterocycles. The van der Waals surface area contributed by atoms with Gasteiger partial charge in [-0.25, -0.2) is 4.98 Å². The Morgan fingerprint density at radius 1 is 1.35 bits per heavy atom. The van der Waals surface area contributed by atoms with Gasteiger partial charge in [-0.3, -0.25) is 9.69 Å². The zero-order chi connectivity index (χ0) is 16.2. The van der Waals surface area contributed by atoms with Crippen LogP contribution in [-0.4, -0.2) is 29.4 Å². The van der Waals surface area contributed by atoms with E-state index in [4.69, 9.17) is 4.42 Å². The highest BCUT2D eigenvalue weighted by molar-refractivity contribution is 7.18. The van der Waals surface area contributed by atoms with Crippen LogP contribution in [0.1, 0.15) is 23.7 Å². The average Bonchev–Trinajstić information content (AvgIpc) is 3.15. The zero-order valence-electron chi connectivity index (χ0n) is 13.2. The number of carbonyl (C=O) groups is 1. The highest BCUT2D eigenvalue weighted by Crippen LogP contribution is 2.22. The molecule has 5 nitrogen and oxygen atoms in total. The lowest BCUT2D eigenvalue weighted by atomic mass is 10.2. The van der Waals surface area contributed by atoms with Gasteiger partial charge >= 0.3 is 0 Å². The summed E-state index contributed by atoms with van der Waals surface area (Å²) in [5, 5.41) is 3.95. The molecule has 23 heavy (non-hydrogen) atoms. The number of carbonyl (C=O) groups excluding carboxylic acids is 1. The van der Waals surface area contributed by atoms with Crippen molar-refractivity contribution in [3.05, 3.63) is 53.4 Å². The maximum absolute atomic E-state index is 12.1. The molecule has 1 atom stereocenters. The third-order valence-corrected chi connectivity index (χ3v) is 4.53. The van der Waals surface area contributed by atoms with Crippen LogP contribution in [0.2, 0.25) is 0 Å². The molecule has 0 aliphatic heterocycles. The van der Waals surface area contributed by atoms with E-state index in [0.29, 0.717) is 13.1 Å². The molecule has 0 radical (unpaired) electrons. The van der Waals surface area contributed by atoms with Crippen molar-refractivity contribution in [3.63, 3.8) is 0 Å². The van der Waals surface area contributed by atoms with Gasteiger partial charge in [0.1, 0.15) is 10.8 Å².